The summed E-state index contributed by atoms with van der Waals surface area (Å²) >= 11 is 0. The van der Waals surface area contributed by atoms with E-state index >= 15 is 0 Å². The Morgan fingerprint density at radius 3 is 2.33 bits per heavy atom. The van der Waals surface area contributed by atoms with Gasteiger partial charge in [-0.05, 0) is 12.1 Å². The maximum absolute atomic E-state index is 10.6. The van der Waals surface area contributed by atoms with Crippen molar-refractivity contribution in [3.8, 4) is 0 Å². The number of ether oxygens (including phenoxy) is 2. The van der Waals surface area contributed by atoms with Crippen molar-refractivity contribution in [1.82, 2.24) is 16.3 Å². The Balaban J connectivity index is 0.000000194. The summed E-state index contributed by atoms with van der Waals surface area (Å²) in [6.07, 6.45) is -0.921. The maximum Gasteiger partial charge on any atom is 0.428 e. The first-order valence-corrected chi connectivity index (χ1v) is 6.16. The first kappa shape index (κ1) is 14.6. The number of hydrogen-bond donors (Lipinski definition) is 4. The van der Waals surface area contributed by atoms with Crippen LogP contribution in [0.25, 0.3) is 0 Å². The molecular formula is C12H15N5O4. The van der Waals surface area contributed by atoms with Crippen molar-refractivity contribution in [1.29, 1.82) is 0 Å². The van der Waals surface area contributed by atoms with Crippen LogP contribution in [0.2, 0.25) is 0 Å². The van der Waals surface area contributed by atoms with Gasteiger partial charge in [0.25, 0.3) is 0 Å². The summed E-state index contributed by atoms with van der Waals surface area (Å²) in [4.78, 5) is 20.7. The highest BCUT2D eigenvalue weighted by Crippen LogP contribution is 2.08. The first-order valence-electron chi connectivity index (χ1n) is 6.16. The molecule has 5 N–H and O–H groups in total. The molecule has 0 atom stereocenters. The quantitative estimate of drug-likeness (QED) is 0.537. The number of nitrogens with zero attached hydrogens (tertiary/aromatic N) is 1. The lowest BCUT2D eigenvalue weighted by atomic mass is 10.1. The lowest BCUT2D eigenvalue weighted by molar-refractivity contribution is 0.122. The zero-order valence-corrected chi connectivity index (χ0v) is 11.1. The van der Waals surface area contributed by atoms with Crippen LogP contribution in [0.15, 0.2) is 29.4 Å². The second-order valence-corrected chi connectivity index (χ2v) is 4.06. The van der Waals surface area contributed by atoms with Crippen LogP contribution >= 0.6 is 0 Å². The lowest BCUT2D eigenvalue weighted by Crippen LogP contribution is -2.45. The third kappa shape index (κ3) is 4.66. The van der Waals surface area contributed by atoms with E-state index < -0.39 is 12.2 Å². The number of benzene rings is 1. The summed E-state index contributed by atoms with van der Waals surface area (Å²) in [5, 5.41) is 3.86. The third-order valence-corrected chi connectivity index (χ3v) is 2.52. The average Bonchev–Trinajstić information content (AvgIpc) is 2.50. The molecule has 0 saturated carbocycles. The van der Waals surface area contributed by atoms with Crippen molar-refractivity contribution in [3.63, 3.8) is 0 Å². The van der Waals surface area contributed by atoms with Crippen molar-refractivity contribution in [2.75, 3.05) is 25.5 Å². The van der Waals surface area contributed by atoms with Crippen LogP contribution in [0, 0.1) is 0 Å². The second kappa shape index (κ2) is 7.10. The number of carbonyl (C=O) groups excluding carboxylic acids is 2. The van der Waals surface area contributed by atoms with Gasteiger partial charge in [0.1, 0.15) is 18.9 Å². The molecule has 2 aliphatic rings. The normalized spacial score (nSPS) is 17.0. The molecule has 2 heterocycles. The van der Waals surface area contributed by atoms with E-state index in [4.69, 9.17) is 10.5 Å². The summed E-state index contributed by atoms with van der Waals surface area (Å²) in [5.41, 5.74) is 14.9. The van der Waals surface area contributed by atoms with Crippen molar-refractivity contribution < 1.29 is 19.1 Å². The van der Waals surface area contributed by atoms with E-state index in [1.54, 1.807) is 12.1 Å². The van der Waals surface area contributed by atoms with Crippen LogP contribution in [0.5, 0.6) is 0 Å². The summed E-state index contributed by atoms with van der Waals surface area (Å²) < 4.78 is 9.23. The number of hydrogen-bond acceptors (Lipinski definition) is 7. The summed E-state index contributed by atoms with van der Waals surface area (Å²) in [7, 11) is 0. The Kier molecular flexibility index (Phi) is 4.94. The van der Waals surface area contributed by atoms with Gasteiger partial charge in [0.2, 0.25) is 0 Å². The molecule has 9 nitrogen and oxygen atoms in total. The van der Waals surface area contributed by atoms with Gasteiger partial charge in [-0.1, -0.05) is 12.1 Å². The number of hydrazone groups is 1. The molecule has 21 heavy (non-hydrogen) atoms. The largest absolute Gasteiger partial charge is 0.447 e. The molecule has 9 heteroatoms. The molecule has 2 amide bonds. The van der Waals surface area contributed by atoms with Gasteiger partial charge in [-0.3, -0.25) is 5.43 Å². The van der Waals surface area contributed by atoms with E-state index in [2.05, 4.69) is 26.1 Å². The molecule has 0 bridgehead atoms. The van der Waals surface area contributed by atoms with E-state index in [1.807, 2.05) is 12.1 Å². The lowest BCUT2D eigenvalue weighted by Gasteiger charge is -2.12. The Labute approximate surface area is 120 Å². The summed E-state index contributed by atoms with van der Waals surface area (Å²) in [5.74, 6) is 0. The molecule has 0 radical (unpaired) electrons. The molecule has 112 valence electrons. The van der Waals surface area contributed by atoms with Crippen molar-refractivity contribution in [3.05, 3.63) is 29.8 Å². The minimum atomic E-state index is -0.524. The fraction of sp³-hybridized carbons (Fsp3) is 0.250. The fourth-order valence-electron chi connectivity index (χ4n) is 1.50. The number of anilines is 1. The van der Waals surface area contributed by atoms with Gasteiger partial charge < -0.3 is 15.2 Å². The molecule has 1 aromatic carbocycles. The van der Waals surface area contributed by atoms with Gasteiger partial charge >= 0.3 is 12.2 Å². The molecule has 2 aliphatic heterocycles. The fourth-order valence-corrected chi connectivity index (χ4v) is 1.50. The van der Waals surface area contributed by atoms with Gasteiger partial charge in [0.15, 0.2) is 0 Å². The first-order chi connectivity index (χ1) is 10.1. The van der Waals surface area contributed by atoms with Crippen molar-refractivity contribution in [2.24, 2.45) is 5.10 Å². The smallest absolute Gasteiger partial charge is 0.428 e. The van der Waals surface area contributed by atoms with Crippen LogP contribution < -0.4 is 22.0 Å². The number of nitrogen functional groups attached to an aromatic ring is 1. The molecule has 3 rings (SSSR count). The van der Waals surface area contributed by atoms with E-state index in [0.29, 0.717) is 24.6 Å². The van der Waals surface area contributed by atoms with E-state index in [0.717, 1.165) is 5.56 Å². The Hall–Kier alpha value is -2.81. The minimum Gasteiger partial charge on any atom is -0.447 e. The topological polar surface area (TPSA) is 127 Å². The Bertz CT molecular complexity index is 535. The number of nitrogens with two attached hydrogens (primary N) is 1. The zero-order valence-electron chi connectivity index (χ0n) is 11.1. The summed E-state index contributed by atoms with van der Waals surface area (Å²) in [6.45, 7) is 1.34. The van der Waals surface area contributed by atoms with E-state index in [-0.39, 0.29) is 6.61 Å². The summed E-state index contributed by atoms with van der Waals surface area (Å²) in [6, 6.07) is 7.20. The van der Waals surface area contributed by atoms with E-state index in [1.165, 1.54) is 0 Å². The average molecular weight is 293 g/mol. The monoisotopic (exact) mass is 293 g/mol. The number of hydrazine groups is 1. The predicted octanol–water partition coefficient (Wildman–Crippen LogP) is -0.0565. The highest BCUT2D eigenvalue weighted by Gasteiger charge is 2.13. The number of rotatable bonds is 1. The Morgan fingerprint density at radius 1 is 1.10 bits per heavy atom. The second-order valence-electron chi connectivity index (χ2n) is 4.06. The number of amides is 2. The van der Waals surface area contributed by atoms with Gasteiger partial charge in [0, 0.05) is 17.8 Å². The van der Waals surface area contributed by atoms with Crippen molar-refractivity contribution >= 4 is 23.6 Å². The molecule has 0 unspecified atom stereocenters. The molecule has 0 aliphatic carbocycles. The maximum atomic E-state index is 10.6. The van der Waals surface area contributed by atoms with E-state index in [9.17, 15) is 9.59 Å². The predicted molar refractivity (Wildman–Crippen MR) is 74.4 cm³/mol. The van der Waals surface area contributed by atoms with Crippen LogP contribution in [0.3, 0.4) is 0 Å². The number of cyclic esters (lactones) is 2. The van der Waals surface area contributed by atoms with Gasteiger partial charge in [0.05, 0.1) is 0 Å². The molecule has 0 spiro atoms. The van der Waals surface area contributed by atoms with Crippen molar-refractivity contribution in [2.45, 2.75) is 0 Å². The third-order valence-electron chi connectivity index (χ3n) is 2.52. The minimum absolute atomic E-state index is 0.190. The number of carbonyl (C=O) groups is 2. The molecular weight excluding hydrogens is 278 g/mol. The van der Waals surface area contributed by atoms with Gasteiger partial charge in [-0.25, -0.2) is 20.4 Å². The van der Waals surface area contributed by atoms with Gasteiger partial charge in [-0.15, -0.1) is 0 Å². The SMILES string of the molecule is Nc1ccc(C2=NNC(=O)OC2)cc1.O=C1NNCCO1. The zero-order chi connectivity index (χ0) is 15.1. The molecule has 0 aromatic heterocycles. The van der Waals surface area contributed by atoms with Gasteiger partial charge in [-0.2, -0.15) is 5.10 Å². The van der Waals surface area contributed by atoms with Crippen LogP contribution in [-0.4, -0.2) is 37.7 Å². The molecule has 1 aromatic rings. The van der Waals surface area contributed by atoms with Crippen LogP contribution in [0.4, 0.5) is 15.3 Å². The Morgan fingerprint density at radius 2 is 1.86 bits per heavy atom. The van der Waals surface area contributed by atoms with Crippen LogP contribution in [-0.2, 0) is 9.47 Å². The van der Waals surface area contributed by atoms with Crippen LogP contribution in [0.1, 0.15) is 5.56 Å². The highest BCUT2D eigenvalue weighted by atomic mass is 16.6. The highest BCUT2D eigenvalue weighted by molar-refractivity contribution is 6.03. The standard InChI is InChI=1S/C9H9N3O2.C3H6N2O2/c10-7-3-1-6(2-4-7)8-5-14-9(13)12-11-8;6-3-5-4-1-2-7-3/h1-4H,5,10H2,(H,12,13);4H,1-2H2,(H,5,6). The molecule has 1 fully saturated rings. The molecule has 1 saturated heterocycles. The number of nitrogens with one attached hydrogen (secondary N) is 3.